The first-order valence-electron chi connectivity index (χ1n) is 5.52. The molecule has 0 radical (unpaired) electrons. The van der Waals surface area contributed by atoms with Crippen LogP contribution < -0.4 is 16.0 Å². The summed E-state index contributed by atoms with van der Waals surface area (Å²) in [6.45, 7) is 1.76. The number of ether oxygens (including phenoxy) is 1. The maximum Gasteiger partial charge on any atom is 0.263 e. The van der Waals surface area contributed by atoms with Gasteiger partial charge >= 0.3 is 0 Å². The van der Waals surface area contributed by atoms with Crippen LogP contribution in [-0.4, -0.2) is 28.2 Å². The highest BCUT2D eigenvalue weighted by Gasteiger charge is 2.08. The summed E-state index contributed by atoms with van der Waals surface area (Å²) in [4.78, 5) is 0. The highest BCUT2D eigenvalue weighted by Crippen LogP contribution is 2.26. The zero-order valence-corrected chi connectivity index (χ0v) is 15.1. The molecule has 2 aromatic rings. The molecule has 0 spiro atoms. The number of methoxy groups -OCH3 is 1. The molecule has 0 bridgehead atoms. The van der Waals surface area contributed by atoms with Crippen molar-refractivity contribution in [2.75, 3.05) is 18.4 Å². The fraction of sp³-hybridized carbons (Fsp3) is 0.182. The van der Waals surface area contributed by atoms with Crippen LogP contribution in [-0.2, 0) is 0 Å². The first-order chi connectivity index (χ1) is 9.52. The summed E-state index contributed by atoms with van der Waals surface area (Å²) < 4.78 is 8.83. The number of hydrogen-bond acceptors (Lipinski definition) is 6. The van der Waals surface area contributed by atoms with E-state index in [9.17, 15) is 0 Å². The van der Waals surface area contributed by atoms with E-state index < -0.39 is 0 Å². The largest absolute Gasteiger partial charge is 0.495 e. The van der Waals surface area contributed by atoms with Crippen LogP contribution in [0.15, 0.2) is 17.2 Å². The second-order valence-corrected chi connectivity index (χ2v) is 6.23. The number of aryl methyl sites for hydroxylation is 1. The Kier molecular flexibility index (Phi) is 5.01. The summed E-state index contributed by atoms with van der Waals surface area (Å²) >= 11 is 4.47. The van der Waals surface area contributed by atoms with E-state index in [0.717, 1.165) is 18.5 Å². The predicted octanol–water partition coefficient (Wildman–Crippen LogP) is 1.96. The number of hydrazone groups is 1. The van der Waals surface area contributed by atoms with E-state index in [-0.39, 0.29) is 0 Å². The molecule has 0 unspecified atom stereocenters. The Bertz CT molecular complexity index is 655. The number of aromatic nitrogens is 3. The number of halogens is 2. The first-order valence-corrected chi connectivity index (χ1v) is 7.68. The van der Waals surface area contributed by atoms with Crippen LogP contribution >= 0.6 is 45.2 Å². The summed E-state index contributed by atoms with van der Waals surface area (Å²) in [6.07, 6.45) is 1.66. The maximum atomic E-state index is 5.71. The van der Waals surface area contributed by atoms with Crippen LogP contribution in [0.25, 0.3) is 0 Å². The zero-order valence-electron chi connectivity index (χ0n) is 10.8. The van der Waals surface area contributed by atoms with Gasteiger partial charge in [-0.25, -0.2) is 10.1 Å². The zero-order chi connectivity index (χ0) is 14.7. The molecule has 0 saturated heterocycles. The molecule has 20 heavy (non-hydrogen) atoms. The molecule has 0 amide bonds. The second kappa shape index (κ2) is 6.56. The van der Waals surface area contributed by atoms with Crippen molar-refractivity contribution in [3.63, 3.8) is 0 Å². The molecule has 7 nitrogen and oxygen atoms in total. The normalized spacial score (nSPS) is 11.0. The molecule has 1 heterocycles. The van der Waals surface area contributed by atoms with Gasteiger partial charge in [-0.2, -0.15) is 5.10 Å². The third-order valence-corrected chi connectivity index (χ3v) is 3.90. The van der Waals surface area contributed by atoms with Gasteiger partial charge in [-0.3, -0.25) is 0 Å². The molecule has 0 atom stereocenters. The Morgan fingerprint density at radius 1 is 1.40 bits per heavy atom. The van der Waals surface area contributed by atoms with E-state index in [1.165, 1.54) is 4.68 Å². The van der Waals surface area contributed by atoms with Crippen LogP contribution in [0.4, 0.5) is 5.95 Å². The number of anilines is 1. The number of hydrogen-bond donors (Lipinski definition) is 2. The smallest absolute Gasteiger partial charge is 0.263 e. The fourth-order valence-electron chi connectivity index (χ4n) is 1.50. The third kappa shape index (κ3) is 3.31. The molecule has 1 aromatic carbocycles. The highest BCUT2D eigenvalue weighted by molar-refractivity contribution is 14.1. The Balaban J connectivity index is 2.21. The topological polar surface area (TPSA) is 90.3 Å². The summed E-state index contributed by atoms with van der Waals surface area (Å²) in [7, 11) is 1.63. The average Bonchev–Trinajstić information content (AvgIpc) is 2.70. The van der Waals surface area contributed by atoms with Crippen molar-refractivity contribution in [1.29, 1.82) is 0 Å². The van der Waals surface area contributed by atoms with Crippen molar-refractivity contribution in [3.8, 4) is 5.75 Å². The number of rotatable bonds is 4. The van der Waals surface area contributed by atoms with Gasteiger partial charge in [-0.05, 0) is 64.2 Å². The lowest BCUT2D eigenvalue weighted by Gasteiger charge is -2.07. The van der Waals surface area contributed by atoms with E-state index in [1.807, 2.05) is 12.1 Å². The molecule has 0 saturated carbocycles. The monoisotopic (exact) mass is 498 g/mol. The summed E-state index contributed by atoms with van der Waals surface area (Å²) in [5.74, 6) is 7.47. The minimum absolute atomic E-state index is 0.373. The van der Waals surface area contributed by atoms with Gasteiger partial charge in [0.2, 0.25) is 0 Å². The third-order valence-electron chi connectivity index (χ3n) is 2.48. The lowest BCUT2D eigenvalue weighted by atomic mass is 10.2. The van der Waals surface area contributed by atoms with Crippen molar-refractivity contribution >= 4 is 57.3 Å². The van der Waals surface area contributed by atoms with Gasteiger partial charge in [0, 0.05) is 9.13 Å². The van der Waals surface area contributed by atoms with Crippen LogP contribution in [0.5, 0.6) is 5.75 Å². The number of nitrogens with one attached hydrogen (secondary N) is 1. The Morgan fingerprint density at radius 3 is 2.75 bits per heavy atom. The van der Waals surface area contributed by atoms with Crippen molar-refractivity contribution in [3.05, 3.63) is 30.7 Å². The SMILES string of the molecule is COc1c(I)cc(I)cc1/C=N\Nc1nnc(C)n1N. The lowest BCUT2D eigenvalue weighted by molar-refractivity contribution is 0.411. The van der Waals surface area contributed by atoms with Crippen LogP contribution in [0, 0.1) is 14.1 Å². The van der Waals surface area contributed by atoms with E-state index in [0.29, 0.717) is 11.8 Å². The minimum Gasteiger partial charge on any atom is -0.495 e. The van der Waals surface area contributed by atoms with Gasteiger partial charge in [0.15, 0.2) is 5.82 Å². The van der Waals surface area contributed by atoms with E-state index in [4.69, 9.17) is 10.6 Å². The van der Waals surface area contributed by atoms with Gasteiger partial charge in [-0.15, -0.1) is 10.2 Å². The van der Waals surface area contributed by atoms with Crippen LogP contribution in [0.1, 0.15) is 11.4 Å². The Morgan fingerprint density at radius 2 is 2.15 bits per heavy atom. The summed E-state index contributed by atoms with van der Waals surface area (Å²) in [5.41, 5.74) is 3.62. The number of nitrogens with two attached hydrogens (primary N) is 1. The molecule has 1 aromatic heterocycles. The fourth-order valence-corrected chi connectivity index (χ4v) is 3.61. The molecule has 106 valence electrons. The van der Waals surface area contributed by atoms with Gasteiger partial charge < -0.3 is 10.6 Å². The molecule has 0 aliphatic rings. The molecular weight excluding hydrogens is 486 g/mol. The van der Waals surface area contributed by atoms with Gasteiger partial charge in [0.05, 0.1) is 16.9 Å². The van der Waals surface area contributed by atoms with Gasteiger partial charge in [0.1, 0.15) is 5.75 Å². The van der Waals surface area contributed by atoms with Crippen molar-refractivity contribution in [2.24, 2.45) is 5.10 Å². The van der Waals surface area contributed by atoms with E-state index >= 15 is 0 Å². The second-order valence-electron chi connectivity index (χ2n) is 3.82. The molecule has 0 aliphatic carbocycles. The number of benzene rings is 1. The number of nitrogen functional groups attached to an aromatic ring is 1. The Labute approximate surface area is 143 Å². The minimum atomic E-state index is 0.373. The van der Waals surface area contributed by atoms with Crippen LogP contribution in [0.2, 0.25) is 0 Å². The highest BCUT2D eigenvalue weighted by atomic mass is 127. The molecule has 3 N–H and O–H groups in total. The Hall–Kier alpha value is -1.11. The standard InChI is InChI=1S/C11H12I2N6O/c1-6-16-18-11(19(6)14)17-15-5-7-3-8(12)4-9(13)10(7)20-2/h3-5H,14H2,1-2H3,(H,17,18)/b15-5-. The van der Waals surface area contributed by atoms with E-state index in [1.54, 1.807) is 20.2 Å². The van der Waals surface area contributed by atoms with Crippen molar-refractivity contribution < 1.29 is 4.74 Å². The molecule has 0 aliphatic heterocycles. The summed E-state index contributed by atoms with van der Waals surface area (Å²) in [5, 5.41) is 11.8. The molecule has 0 fully saturated rings. The lowest BCUT2D eigenvalue weighted by Crippen LogP contribution is -2.13. The van der Waals surface area contributed by atoms with Crippen molar-refractivity contribution in [1.82, 2.24) is 14.9 Å². The maximum absolute atomic E-state index is 5.71. The predicted molar refractivity (Wildman–Crippen MR) is 94.6 cm³/mol. The molecule has 9 heteroatoms. The molecule has 2 rings (SSSR count). The quantitative estimate of drug-likeness (QED) is 0.292. The average molecular weight is 498 g/mol. The number of nitrogens with zero attached hydrogens (tertiary/aromatic N) is 4. The summed E-state index contributed by atoms with van der Waals surface area (Å²) in [6, 6.07) is 4.01. The van der Waals surface area contributed by atoms with E-state index in [2.05, 4.69) is 65.9 Å². The first kappa shape index (κ1) is 15.3. The van der Waals surface area contributed by atoms with Gasteiger partial charge in [-0.1, -0.05) is 0 Å². The molecular formula is C11H12I2N6O. The van der Waals surface area contributed by atoms with Crippen molar-refractivity contribution in [2.45, 2.75) is 6.92 Å². The van der Waals surface area contributed by atoms with Crippen LogP contribution in [0.3, 0.4) is 0 Å². The van der Waals surface area contributed by atoms with Gasteiger partial charge in [0.25, 0.3) is 5.95 Å².